The van der Waals surface area contributed by atoms with Crippen LogP contribution in [0.5, 0.6) is 0 Å². The van der Waals surface area contributed by atoms with Gasteiger partial charge < -0.3 is 0 Å². The zero-order valence-corrected chi connectivity index (χ0v) is 29.7. The quantitative estimate of drug-likeness (QED) is 0.181. The number of nitrogens with zero attached hydrogens (tertiary/aromatic N) is 3. The number of hydrogen-bond donors (Lipinski definition) is 0. The van der Waals surface area contributed by atoms with Crippen LogP contribution in [0.2, 0.25) is 0 Å². The number of aryl methyl sites for hydroxylation is 1. The second-order valence-corrected chi connectivity index (χ2v) is 14.7. The molecule has 10 rings (SSSR count). The van der Waals surface area contributed by atoms with Crippen LogP contribution < -0.4 is 0 Å². The van der Waals surface area contributed by atoms with E-state index >= 15 is 0 Å². The normalized spacial score (nSPS) is 12.0. The zero-order valence-electron chi connectivity index (χ0n) is 28.9. The van der Waals surface area contributed by atoms with Gasteiger partial charge in [0, 0.05) is 25.7 Å². The minimum Gasteiger partial charge on any atom is -0.139 e. The van der Waals surface area contributed by atoms with Crippen LogP contribution in [0.3, 0.4) is 0 Å². The van der Waals surface area contributed by atoms with Crippen molar-refractivity contribution in [2.24, 2.45) is 0 Å². The molecule has 0 fully saturated rings. The van der Waals surface area contributed by atoms with Gasteiger partial charge in [-0.15, -0.1) is 21.5 Å². The van der Waals surface area contributed by atoms with E-state index in [2.05, 4.69) is 164 Å². The van der Waals surface area contributed by atoms with Crippen LogP contribution in [-0.2, 0) is 6.42 Å². The third-order valence-corrected chi connectivity index (χ3v) is 12.0. The second-order valence-electron chi connectivity index (χ2n) is 13.7. The fourth-order valence-corrected chi connectivity index (χ4v) is 9.52. The molecule has 246 valence electrons. The third kappa shape index (κ3) is 4.75. The number of hydrogen-bond acceptors (Lipinski definition) is 4. The van der Waals surface area contributed by atoms with Gasteiger partial charge in [0.1, 0.15) is 0 Å². The second kappa shape index (κ2) is 12.2. The number of aromatic nitrogens is 3. The molecule has 0 saturated carbocycles. The van der Waals surface area contributed by atoms with E-state index in [0.29, 0.717) is 0 Å². The summed E-state index contributed by atoms with van der Waals surface area (Å²) in [7, 11) is 0. The fraction of sp³-hybridized carbons (Fsp3) is 0.0625. The van der Waals surface area contributed by atoms with E-state index in [1.165, 1.54) is 70.2 Å². The van der Waals surface area contributed by atoms with Gasteiger partial charge in [0.15, 0.2) is 0 Å². The molecular formula is C48H33N3S. The van der Waals surface area contributed by atoms with Gasteiger partial charge in [0.25, 0.3) is 0 Å². The van der Waals surface area contributed by atoms with E-state index in [1.807, 2.05) is 17.4 Å². The Bertz CT molecular complexity index is 2820. The molecule has 2 aromatic heterocycles. The fourth-order valence-electron chi connectivity index (χ4n) is 8.41. The molecule has 0 atom stereocenters. The van der Waals surface area contributed by atoms with Crippen LogP contribution in [0.25, 0.3) is 87.1 Å². The predicted molar refractivity (Wildman–Crippen MR) is 218 cm³/mol. The average molecular weight is 684 g/mol. The first-order valence-corrected chi connectivity index (χ1v) is 18.6. The SMILES string of the molecule is Cc1cc2c(c(-c3ccc4sc5ccccc5c4c3-c3ccc(-c4ccccc4)c(-c4ccccc4)c3-c3ccnnn3)c1C)Cc1ccccc1-2. The lowest BCUT2D eigenvalue weighted by atomic mass is 9.79. The number of benzene rings is 7. The monoisotopic (exact) mass is 683 g/mol. The van der Waals surface area contributed by atoms with E-state index in [4.69, 9.17) is 5.10 Å². The van der Waals surface area contributed by atoms with Gasteiger partial charge in [-0.1, -0.05) is 127 Å². The summed E-state index contributed by atoms with van der Waals surface area (Å²) in [5.74, 6) is 0. The smallest absolute Gasteiger partial charge is 0.0976 e. The number of thiophene rings is 1. The Kier molecular flexibility index (Phi) is 7.19. The molecule has 7 aromatic carbocycles. The van der Waals surface area contributed by atoms with Crippen molar-refractivity contribution in [2.45, 2.75) is 20.3 Å². The number of fused-ring (bicyclic) bond motifs is 6. The van der Waals surface area contributed by atoms with E-state index in [9.17, 15) is 0 Å². The summed E-state index contributed by atoms with van der Waals surface area (Å²) in [6.07, 6.45) is 2.67. The van der Waals surface area contributed by atoms with Crippen molar-refractivity contribution in [3.8, 4) is 66.9 Å². The lowest BCUT2D eigenvalue weighted by Crippen LogP contribution is -2.01. The highest BCUT2D eigenvalue weighted by Crippen LogP contribution is 2.53. The van der Waals surface area contributed by atoms with Crippen molar-refractivity contribution in [1.82, 2.24) is 15.4 Å². The molecule has 2 heterocycles. The summed E-state index contributed by atoms with van der Waals surface area (Å²) in [6.45, 7) is 4.56. The van der Waals surface area contributed by atoms with Gasteiger partial charge in [-0.3, -0.25) is 0 Å². The average Bonchev–Trinajstić information content (AvgIpc) is 3.77. The summed E-state index contributed by atoms with van der Waals surface area (Å²) in [5, 5.41) is 15.6. The molecule has 52 heavy (non-hydrogen) atoms. The molecule has 9 aromatic rings. The Morgan fingerprint density at radius 3 is 2.02 bits per heavy atom. The van der Waals surface area contributed by atoms with Crippen molar-refractivity contribution in [2.75, 3.05) is 0 Å². The highest BCUT2D eigenvalue weighted by molar-refractivity contribution is 7.26. The van der Waals surface area contributed by atoms with Crippen LogP contribution in [0.4, 0.5) is 0 Å². The van der Waals surface area contributed by atoms with E-state index in [-0.39, 0.29) is 0 Å². The van der Waals surface area contributed by atoms with Crippen molar-refractivity contribution in [3.05, 3.63) is 174 Å². The van der Waals surface area contributed by atoms with Gasteiger partial charge in [-0.05, 0) is 122 Å². The molecule has 0 radical (unpaired) electrons. The maximum atomic E-state index is 4.75. The first kappa shape index (κ1) is 30.6. The predicted octanol–water partition coefficient (Wildman–Crippen LogP) is 12.8. The molecule has 0 spiro atoms. The summed E-state index contributed by atoms with van der Waals surface area (Å²) < 4.78 is 2.55. The molecule has 3 nitrogen and oxygen atoms in total. The Balaban J connectivity index is 1.40. The summed E-state index contributed by atoms with van der Waals surface area (Å²) in [6, 6.07) is 52.9. The maximum absolute atomic E-state index is 4.75. The molecule has 0 N–H and O–H groups in total. The standard InChI is InChI=1S/C48H33N3S/c1-29-27-39-34-18-10-9-17-33(34)28-40(39)44(30(29)2)37-23-24-43-48(36-19-11-12-20-42(36)52-43)46(37)38-22-21-35(31-13-5-3-6-14-31)45(32-15-7-4-8-16-32)47(38)41-25-26-49-51-50-41/h3-27H,28H2,1-2H3. The van der Waals surface area contributed by atoms with Crippen molar-refractivity contribution >= 4 is 31.5 Å². The van der Waals surface area contributed by atoms with Crippen LogP contribution >= 0.6 is 11.3 Å². The first-order valence-electron chi connectivity index (χ1n) is 17.7. The Hall–Kier alpha value is -6.23. The molecule has 0 aliphatic heterocycles. The topological polar surface area (TPSA) is 38.7 Å². The molecule has 0 unspecified atom stereocenters. The molecule has 4 heteroatoms. The van der Waals surface area contributed by atoms with Crippen LogP contribution in [-0.4, -0.2) is 15.4 Å². The van der Waals surface area contributed by atoms with Gasteiger partial charge in [-0.25, -0.2) is 0 Å². The first-order chi connectivity index (χ1) is 25.7. The molecule has 1 aliphatic rings. The highest BCUT2D eigenvalue weighted by Gasteiger charge is 2.29. The van der Waals surface area contributed by atoms with Gasteiger partial charge in [0.2, 0.25) is 0 Å². The van der Waals surface area contributed by atoms with Crippen molar-refractivity contribution in [1.29, 1.82) is 0 Å². The molecular weight excluding hydrogens is 651 g/mol. The summed E-state index contributed by atoms with van der Waals surface area (Å²) in [4.78, 5) is 0. The summed E-state index contributed by atoms with van der Waals surface area (Å²) >= 11 is 1.86. The lowest BCUT2D eigenvalue weighted by Gasteiger charge is -2.24. The maximum Gasteiger partial charge on any atom is 0.0976 e. The third-order valence-electron chi connectivity index (χ3n) is 10.8. The van der Waals surface area contributed by atoms with Gasteiger partial charge in [-0.2, -0.15) is 0 Å². The van der Waals surface area contributed by atoms with E-state index in [1.54, 1.807) is 6.20 Å². The minimum absolute atomic E-state index is 0.794. The molecule has 0 saturated heterocycles. The van der Waals surface area contributed by atoms with Crippen molar-refractivity contribution in [3.63, 3.8) is 0 Å². The van der Waals surface area contributed by atoms with Crippen LogP contribution in [0.15, 0.2) is 152 Å². The van der Waals surface area contributed by atoms with E-state index < -0.39 is 0 Å². The van der Waals surface area contributed by atoms with Gasteiger partial charge in [0.05, 0.1) is 11.9 Å². The Labute approximate surface area is 306 Å². The van der Waals surface area contributed by atoms with Crippen LogP contribution in [0, 0.1) is 13.8 Å². The Morgan fingerprint density at radius 1 is 0.519 bits per heavy atom. The van der Waals surface area contributed by atoms with Crippen LogP contribution in [0.1, 0.15) is 22.3 Å². The minimum atomic E-state index is 0.794. The molecule has 0 amide bonds. The van der Waals surface area contributed by atoms with Crippen molar-refractivity contribution < 1.29 is 0 Å². The molecule has 1 aliphatic carbocycles. The zero-order chi connectivity index (χ0) is 34.8. The Morgan fingerprint density at radius 2 is 1.21 bits per heavy atom. The number of rotatable bonds is 5. The van der Waals surface area contributed by atoms with Gasteiger partial charge >= 0.3 is 0 Å². The molecule has 0 bridgehead atoms. The van der Waals surface area contributed by atoms with E-state index in [0.717, 1.165) is 45.5 Å². The largest absolute Gasteiger partial charge is 0.139 e. The summed E-state index contributed by atoms with van der Waals surface area (Å²) in [5.41, 5.74) is 19.5. The highest BCUT2D eigenvalue weighted by atomic mass is 32.1. The lowest BCUT2D eigenvalue weighted by molar-refractivity contribution is 0.871.